The highest BCUT2D eigenvalue weighted by Gasteiger charge is 2.16. The molecular weight excluding hydrogens is 861 g/mol. The lowest BCUT2D eigenvalue weighted by molar-refractivity contribution is -0.161. The first kappa shape index (κ1) is 65.8. The number of carbonyl (C=O) groups is 2. The molecule has 0 bridgehead atoms. The van der Waals surface area contributed by atoms with Gasteiger partial charge in [0.05, 0.1) is 6.61 Å². The lowest BCUT2D eigenvalue weighted by Crippen LogP contribution is -2.28. The summed E-state index contributed by atoms with van der Waals surface area (Å²) >= 11 is 0. The zero-order valence-electron chi connectivity index (χ0n) is 45.0. The highest BCUT2D eigenvalue weighted by molar-refractivity contribution is 5.70. The van der Waals surface area contributed by atoms with Crippen LogP contribution in [-0.4, -0.2) is 36.4 Å². The molecule has 5 nitrogen and oxygen atoms in total. The Morgan fingerprint density at radius 1 is 0.329 bits per heavy atom. The van der Waals surface area contributed by atoms with Gasteiger partial charge in [-0.25, -0.2) is 0 Å². The molecule has 1 unspecified atom stereocenters. The monoisotopic (exact) mass is 965 g/mol. The standard InChI is InChI=1S/C65H104O5/c1-3-5-7-9-11-13-15-17-19-20-21-22-23-24-25-26-27-28-29-30-31-32-33-34-35-36-37-38-39-40-41-42-43-44-46-48-50-52-54-56-58-60-65(68)70-63(61-66)62-69-64(67)59-57-55-53-51-49-47-45-18-16-14-12-10-8-6-4-2/h5-8,11-14,17-19,21-22,24-25,27-28,30-31,33-34,36-37,45,63,66H,3-4,9-10,15-16,20,23,26,29,32,35,38-44,46-62H2,1-2H3/b7-5-,8-6-,13-11-,14-12-,19-17-,22-21-,25-24-,28-27-,31-30-,34-33-,37-36-,45-18-. The third-order valence-corrected chi connectivity index (χ3v) is 11.6. The van der Waals surface area contributed by atoms with Crippen molar-refractivity contribution in [3.8, 4) is 0 Å². The van der Waals surface area contributed by atoms with Gasteiger partial charge in [-0.2, -0.15) is 0 Å². The Kier molecular flexibility index (Phi) is 55.5. The molecule has 0 aromatic carbocycles. The van der Waals surface area contributed by atoms with Crippen molar-refractivity contribution in [1.29, 1.82) is 0 Å². The van der Waals surface area contributed by atoms with Crippen molar-refractivity contribution in [1.82, 2.24) is 0 Å². The average molecular weight is 966 g/mol. The highest BCUT2D eigenvalue weighted by Crippen LogP contribution is 2.15. The van der Waals surface area contributed by atoms with Gasteiger partial charge in [0.2, 0.25) is 0 Å². The molecule has 0 aliphatic heterocycles. The van der Waals surface area contributed by atoms with Gasteiger partial charge >= 0.3 is 11.9 Å². The largest absolute Gasteiger partial charge is 0.462 e. The first-order valence-corrected chi connectivity index (χ1v) is 28.4. The van der Waals surface area contributed by atoms with Crippen LogP contribution in [-0.2, 0) is 19.1 Å². The molecule has 0 aliphatic rings. The second-order valence-corrected chi connectivity index (χ2v) is 18.2. The number of aliphatic hydroxyl groups excluding tert-OH is 1. The van der Waals surface area contributed by atoms with Crippen molar-refractivity contribution in [2.45, 2.75) is 238 Å². The van der Waals surface area contributed by atoms with Crippen LogP contribution in [0.2, 0.25) is 0 Å². The zero-order chi connectivity index (χ0) is 50.6. The van der Waals surface area contributed by atoms with E-state index in [9.17, 15) is 14.7 Å². The summed E-state index contributed by atoms with van der Waals surface area (Å²) in [5.41, 5.74) is 0. The summed E-state index contributed by atoms with van der Waals surface area (Å²) < 4.78 is 10.7. The van der Waals surface area contributed by atoms with E-state index in [0.717, 1.165) is 128 Å². The predicted molar refractivity (Wildman–Crippen MR) is 306 cm³/mol. The summed E-state index contributed by atoms with van der Waals surface area (Å²) in [6, 6.07) is 0. The lowest BCUT2D eigenvalue weighted by Gasteiger charge is -2.15. The van der Waals surface area contributed by atoms with E-state index in [4.69, 9.17) is 9.47 Å². The summed E-state index contributed by atoms with van der Waals surface area (Å²) in [5, 5.41) is 9.63. The number of rotatable bonds is 50. The number of hydrogen-bond acceptors (Lipinski definition) is 5. The number of hydrogen-bond donors (Lipinski definition) is 1. The van der Waals surface area contributed by atoms with Gasteiger partial charge in [0.25, 0.3) is 0 Å². The van der Waals surface area contributed by atoms with Gasteiger partial charge in [0, 0.05) is 12.8 Å². The minimum Gasteiger partial charge on any atom is -0.462 e. The van der Waals surface area contributed by atoms with E-state index >= 15 is 0 Å². The molecule has 5 heteroatoms. The fraction of sp³-hybridized carbons (Fsp3) is 0.600. The van der Waals surface area contributed by atoms with Gasteiger partial charge in [-0.1, -0.05) is 250 Å². The minimum atomic E-state index is -0.788. The number of ether oxygens (including phenoxy) is 2. The van der Waals surface area contributed by atoms with Crippen molar-refractivity contribution in [2.75, 3.05) is 13.2 Å². The van der Waals surface area contributed by atoms with Gasteiger partial charge in [-0.3, -0.25) is 9.59 Å². The zero-order valence-corrected chi connectivity index (χ0v) is 45.0. The summed E-state index contributed by atoms with van der Waals surface area (Å²) in [6.07, 6.45) is 89.7. The molecule has 1 atom stereocenters. The van der Waals surface area contributed by atoms with Gasteiger partial charge in [-0.05, 0) is 116 Å². The first-order valence-electron chi connectivity index (χ1n) is 28.4. The van der Waals surface area contributed by atoms with E-state index < -0.39 is 6.10 Å². The van der Waals surface area contributed by atoms with Crippen LogP contribution in [0.5, 0.6) is 0 Å². The number of unbranched alkanes of at least 4 members (excludes halogenated alkanes) is 18. The van der Waals surface area contributed by atoms with Gasteiger partial charge < -0.3 is 14.6 Å². The van der Waals surface area contributed by atoms with Crippen LogP contribution in [0.15, 0.2) is 146 Å². The molecule has 0 saturated carbocycles. The summed E-state index contributed by atoms with van der Waals surface area (Å²) in [7, 11) is 0. The summed E-state index contributed by atoms with van der Waals surface area (Å²) in [6.45, 7) is 3.89. The maximum Gasteiger partial charge on any atom is 0.306 e. The molecule has 0 radical (unpaired) electrons. The smallest absolute Gasteiger partial charge is 0.306 e. The number of allylic oxidation sites excluding steroid dienone is 24. The van der Waals surface area contributed by atoms with Crippen molar-refractivity contribution in [2.24, 2.45) is 0 Å². The van der Waals surface area contributed by atoms with Gasteiger partial charge in [0.15, 0.2) is 6.10 Å². The molecule has 0 aromatic heterocycles. The third kappa shape index (κ3) is 56.4. The fourth-order valence-corrected chi connectivity index (χ4v) is 7.44. The molecule has 1 N–H and O–H groups in total. The maximum absolute atomic E-state index is 12.3. The lowest BCUT2D eigenvalue weighted by atomic mass is 10.0. The van der Waals surface area contributed by atoms with Crippen LogP contribution in [0.1, 0.15) is 232 Å². The van der Waals surface area contributed by atoms with Crippen LogP contribution in [0, 0.1) is 0 Å². The van der Waals surface area contributed by atoms with Crippen LogP contribution < -0.4 is 0 Å². The van der Waals surface area contributed by atoms with Crippen molar-refractivity contribution in [3.05, 3.63) is 146 Å². The van der Waals surface area contributed by atoms with Crippen molar-refractivity contribution in [3.63, 3.8) is 0 Å². The molecule has 0 aromatic rings. The van der Waals surface area contributed by atoms with Crippen LogP contribution in [0.3, 0.4) is 0 Å². The summed E-state index contributed by atoms with van der Waals surface area (Å²) in [4.78, 5) is 24.4. The maximum atomic E-state index is 12.3. The molecule has 0 rings (SSSR count). The quantitative estimate of drug-likeness (QED) is 0.0374. The van der Waals surface area contributed by atoms with Crippen LogP contribution >= 0.6 is 0 Å². The highest BCUT2D eigenvalue weighted by atomic mass is 16.6. The van der Waals surface area contributed by atoms with E-state index in [-0.39, 0.29) is 25.2 Å². The van der Waals surface area contributed by atoms with E-state index in [1.54, 1.807) is 0 Å². The number of esters is 2. The number of carbonyl (C=O) groups excluding carboxylic acids is 2. The predicted octanol–water partition coefficient (Wildman–Crippen LogP) is 19.4. The Labute approximate surface area is 431 Å². The number of aliphatic hydroxyl groups is 1. The second kappa shape index (κ2) is 59.1. The summed E-state index contributed by atoms with van der Waals surface area (Å²) in [5.74, 6) is -0.618. The first-order chi connectivity index (χ1) is 34.6. The third-order valence-electron chi connectivity index (χ3n) is 11.6. The molecule has 394 valence electrons. The van der Waals surface area contributed by atoms with Crippen LogP contribution in [0.4, 0.5) is 0 Å². The van der Waals surface area contributed by atoms with Crippen molar-refractivity contribution < 1.29 is 24.2 Å². The Bertz CT molecular complexity index is 1510. The molecule has 0 amide bonds. The van der Waals surface area contributed by atoms with E-state index in [1.807, 2.05) is 0 Å². The van der Waals surface area contributed by atoms with Crippen LogP contribution in [0.25, 0.3) is 0 Å². The minimum absolute atomic E-state index is 0.0819. The molecule has 70 heavy (non-hydrogen) atoms. The molecule has 0 spiro atoms. The van der Waals surface area contributed by atoms with Gasteiger partial charge in [-0.15, -0.1) is 0 Å². The Morgan fingerprint density at radius 3 is 0.857 bits per heavy atom. The van der Waals surface area contributed by atoms with Crippen molar-refractivity contribution >= 4 is 11.9 Å². The van der Waals surface area contributed by atoms with Gasteiger partial charge in [0.1, 0.15) is 6.61 Å². The van der Waals surface area contributed by atoms with E-state index in [1.165, 1.54) is 77.0 Å². The molecular formula is C65H104O5. The Balaban J connectivity index is 3.56. The molecule has 0 heterocycles. The normalized spacial score (nSPS) is 13.4. The average Bonchev–Trinajstić information content (AvgIpc) is 3.36. The molecule has 0 aliphatic carbocycles. The molecule has 0 saturated heterocycles. The molecule has 0 fully saturated rings. The Morgan fingerprint density at radius 2 is 0.571 bits per heavy atom. The SMILES string of the molecule is CC/C=C\C/C=C\C/C=C\C/C=C\C/C=C\C/C=C\C/C=C\C/C=C\C/C=C\CCCCCCCCCCCCCCCC(=O)OC(CO)COC(=O)CCCCCCC/C=C\C/C=C\C/C=C\CC. The van der Waals surface area contributed by atoms with E-state index in [0.29, 0.717) is 12.8 Å². The second-order valence-electron chi connectivity index (χ2n) is 18.2. The Hall–Kier alpha value is -4.22. The topological polar surface area (TPSA) is 72.8 Å². The van der Waals surface area contributed by atoms with E-state index in [2.05, 4.69) is 160 Å². The fourth-order valence-electron chi connectivity index (χ4n) is 7.44.